The second kappa shape index (κ2) is 6.03. The smallest absolute Gasteiger partial charge is 0.388 e. The van der Waals surface area contributed by atoms with Crippen LogP contribution in [0.25, 0.3) is 0 Å². The van der Waals surface area contributed by atoms with Gasteiger partial charge in [-0.15, -0.1) is 0 Å². The normalized spacial score (nSPS) is 13.2. The topological polar surface area (TPSA) is 20.2 Å². The zero-order valence-electron chi connectivity index (χ0n) is 10.7. The zero-order chi connectivity index (χ0) is 15.6. The Labute approximate surface area is 123 Å². The van der Waals surface area contributed by atoms with Gasteiger partial charge in [0, 0.05) is 6.42 Å². The summed E-state index contributed by atoms with van der Waals surface area (Å²) in [7, 11) is 0. The zero-order valence-corrected chi connectivity index (χ0v) is 11.4. The molecule has 112 valence electrons. The Balaban J connectivity index is 2.25. The van der Waals surface area contributed by atoms with Crippen molar-refractivity contribution in [2.75, 3.05) is 0 Å². The van der Waals surface area contributed by atoms with Gasteiger partial charge in [0.2, 0.25) is 0 Å². The fourth-order valence-electron chi connectivity index (χ4n) is 1.95. The molecule has 2 rings (SSSR count). The Bertz CT molecular complexity index is 640. The molecular weight excluding hydrogens is 308 g/mol. The van der Waals surface area contributed by atoms with Gasteiger partial charge in [-0.05, 0) is 29.3 Å². The minimum absolute atomic E-state index is 0.0733. The summed E-state index contributed by atoms with van der Waals surface area (Å²) in [5.74, 6) is -0.676. The van der Waals surface area contributed by atoms with Crippen molar-refractivity contribution in [2.45, 2.75) is 18.7 Å². The van der Waals surface area contributed by atoms with E-state index in [2.05, 4.69) is 0 Å². The van der Waals surface area contributed by atoms with Crippen LogP contribution >= 0.6 is 11.6 Å². The first kappa shape index (κ1) is 15.8. The minimum Gasteiger partial charge on any atom is -0.388 e. The molecule has 1 atom stereocenters. The van der Waals surface area contributed by atoms with E-state index in [4.69, 9.17) is 11.6 Å². The monoisotopic (exact) mass is 318 g/mol. The van der Waals surface area contributed by atoms with Gasteiger partial charge in [-0.1, -0.05) is 35.9 Å². The van der Waals surface area contributed by atoms with Gasteiger partial charge in [-0.2, -0.15) is 13.2 Å². The molecule has 0 radical (unpaired) electrons. The van der Waals surface area contributed by atoms with Gasteiger partial charge in [0.15, 0.2) is 0 Å². The number of benzene rings is 2. The molecular formula is C15H11ClF4O. The number of hydrogen-bond acceptors (Lipinski definition) is 1. The van der Waals surface area contributed by atoms with Gasteiger partial charge in [-0.3, -0.25) is 0 Å². The predicted molar refractivity (Wildman–Crippen MR) is 71.5 cm³/mol. The quantitative estimate of drug-likeness (QED) is 0.808. The minimum atomic E-state index is -4.49. The molecule has 0 saturated carbocycles. The highest BCUT2D eigenvalue weighted by Crippen LogP contribution is 2.31. The van der Waals surface area contributed by atoms with Gasteiger partial charge in [0.05, 0.1) is 16.7 Å². The van der Waals surface area contributed by atoms with E-state index in [1.807, 2.05) is 0 Å². The average Bonchev–Trinajstić information content (AvgIpc) is 2.43. The van der Waals surface area contributed by atoms with Crippen LogP contribution in [0.3, 0.4) is 0 Å². The van der Waals surface area contributed by atoms with Crippen LogP contribution in [0.1, 0.15) is 22.8 Å². The molecule has 6 heteroatoms. The van der Waals surface area contributed by atoms with Crippen LogP contribution in [0, 0.1) is 5.82 Å². The highest BCUT2D eigenvalue weighted by molar-refractivity contribution is 6.30. The standard InChI is InChI=1S/C15H11ClF4O/c16-12-6-2-4-10(14(12)17)8-13(21)9-3-1-5-11(7-9)15(18,19)20/h1-7,13,21H,8H2. The van der Waals surface area contributed by atoms with Crippen molar-refractivity contribution in [1.82, 2.24) is 0 Å². The van der Waals surface area contributed by atoms with E-state index in [1.165, 1.54) is 30.3 Å². The Kier molecular flexibility index (Phi) is 4.54. The molecule has 21 heavy (non-hydrogen) atoms. The van der Waals surface area contributed by atoms with E-state index in [1.54, 1.807) is 0 Å². The summed E-state index contributed by atoms with van der Waals surface area (Å²) >= 11 is 5.62. The molecule has 0 amide bonds. The molecule has 0 bridgehead atoms. The molecule has 0 aromatic heterocycles. The second-order valence-electron chi connectivity index (χ2n) is 4.56. The van der Waals surface area contributed by atoms with Crippen molar-refractivity contribution in [3.63, 3.8) is 0 Å². The molecule has 0 saturated heterocycles. The van der Waals surface area contributed by atoms with Crippen molar-refractivity contribution in [3.05, 3.63) is 70.0 Å². The van der Waals surface area contributed by atoms with E-state index in [0.29, 0.717) is 0 Å². The third-order valence-corrected chi connectivity index (χ3v) is 3.34. The first-order valence-corrected chi connectivity index (χ1v) is 6.45. The van der Waals surface area contributed by atoms with Crippen molar-refractivity contribution in [1.29, 1.82) is 0 Å². The maximum Gasteiger partial charge on any atom is 0.416 e. The van der Waals surface area contributed by atoms with Gasteiger partial charge in [0.25, 0.3) is 0 Å². The number of rotatable bonds is 3. The Morgan fingerprint density at radius 1 is 1.10 bits per heavy atom. The molecule has 0 spiro atoms. The van der Waals surface area contributed by atoms with E-state index in [9.17, 15) is 22.7 Å². The van der Waals surface area contributed by atoms with Gasteiger partial charge < -0.3 is 5.11 Å². The summed E-state index contributed by atoms with van der Waals surface area (Å²) < 4.78 is 51.6. The molecule has 0 fully saturated rings. The Hall–Kier alpha value is -1.59. The van der Waals surface area contributed by atoms with E-state index < -0.39 is 23.7 Å². The van der Waals surface area contributed by atoms with Crippen molar-refractivity contribution in [2.24, 2.45) is 0 Å². The molecule has 0 heterocycles. The molecule has 0 aliphatic rings. The van der Waals surface area contributed by atoms with Crippen LogP contribution in [-0.2, 0) is 12.6 Å². The van der Waals surface area contributed by atoms with Gasteiger partial charge in [0.1, 0.15) is 5.82 Å². The summed E-state index contributed by atoms with van der Waals surface area (Å²) in [6.45, 7) is 0. The van der Waals surface area contributed by atoms with Crippen LogP contribution < -0.4 is 0 Å². The predicted octanol–water partition coefficient (Wildman–Crippen LogP) is 4.77. The summed E-state index contributed by atoms with van der Waals surface area (Å²) in [5.41, 5.74) is -0.637. The third kappa shape index (κ3) is 3.74. The number of halogens is 5. The highest BCUT2D eigenvalue weighted by Gasteiger charge is 2.30. The van der Waals surface area contributed by atoms with Crippen LogP contribution in [0.2, 0.25) is 5.02 Å². The molecule has 0 aliphatic carbocycles. The summed E-state index contributed by atoms with van der Waals surface area (Å²) in [6.07, 6.45) is -5.90. The fourth-order valence-corrected chi connectivity index (χ4v) is 2.15. The largest absolute Gasteiger partial charge is 0.416 e. The lowest BCUT2D eigenvalue weighted by Crippen LogP contribution is -2.08. The maximum absolute atomic E-state index is 13.7. The molecule has 2 aromatic carbocycles. The lowest BCUT2D eigenvalue weighted by atomic mass is 9.99. The van der Waals surface area contributed by atoms with E-state index in [0.717, 1.165) is 12.1 Å². The van der Waals surface area contributed by atoms with E-state index >= 15 is 0 Å². The number of alkyl halides is 3. The maximum atomic E-state index is 13.7. The first-order valence-electron chi connectivity index (χ1n) is 6.07. The van der Waals surface area contributed by atoms with Gasteiger partial charge >= 0.3 is 6.18 Å². The Morgan fingerprint density at radius 3 is 2.43 bits per heavy atom. The van der Waals surface area contributed by atoms with Crippen molar-refractivity contribution >= 4 is 11.6 Å². The lowest BCUT2D eigenvalue weighted by Gasteiger charge is -2.14. The summed E-state index contributed by atoms with van der Waals surface area (Å²) in [4.78, 5) is 0. The van der Waals surface area contributed by atoms with Gasteiger partial charge in [-0.25, -0.2) is 4.39 Å². The molecule has 0 aliphatic heterocycles. The Morgan fingerprint density at radius 2 is 1.76 bits per heavy atom. The van der Waals surface area contributed by atoms with Crippen LogP contribution in [0.4, 0.5) is 17.6 Å². The van der Waals surface area contributed by atoms with Crippen LogP contribution in [-0.4, -0.2) is 5.11 Å². The molecule has 1 unspecified atom stereocenters. The average molecular weight is 319 g/mol. The second-order valence-corrected chi connectivity index (χ2v) is 4.96. The van der Waals surface area contributed by atoms with Crippen molar-refractivity contribution in [3.8, 4) is 0 Å². The molecule has 1 N–H and O–H groups in total. The fraction of sp³-hybridized carbons (Fsp3) is 0.200. The van der Waals surface area contributed by atoms with Crippen LogP contribution in [0.15, 0.2) is 42.5 Å². The summed E-state index contributed by atoms with van der Waals surface area (Å²) in [5, 5.41) is 9.91. The third-order valence-electron chi connectivity index (χ3n) is 3.04. The molecule has 1 nitrogen and oxygen atoms in total. The van der Waals surface area contributed by atoms with Crippen LogP contribution in [0.5, 0.6) is 0 Å². The number of aliphatic hydroxyl groups is 1. The first-order chi connectivity index (χ1) is 9.79. The SMILES string of the molecule is OC(Cc1cccc(Cl)c1F)c1cccc(C(F)(F)F)c1. The highest BCUT2D eigenvalue weighted by atomic mass is 35.5. The molecule has 2 aromatic rings. The van der Waals surface area contributed by atoms with Crippen molar-refractivity contribution < 1.29 is 22.7 Å². The summed E-state index contributed by atoms with van der Waals surface area (Å²) in [6, 6.07) is 8.63. The number of hydrogen-bond donors (Lipinski definition) is 1. The number of aliphatic hydroxyl groups excluding tert-OH is 1. The lowest BCUT2D eigenvalue weighted by molar-refractivity contribution is -0.137. The van der Waals surface area contributed by atoms with E-state index in [-0.39, 0.29) is 22.6 Å².